The molecule has 140 valence electrons. The maximum atomic E-state index is 12.2. The van der Waals surface area contributed by atoms with Gasteiger partial charge >= 0.3 is 0 Å². The summed E-state index contributed by atoms with van der Waals surface area (Å²) in [5, 5.41) is 0.590. The van der Waals surface area contributed by atoms with Gasteiger partial charge in [0.15, 0.2) is 5.75 Å². The molecule has 0 radical (unpaired) electrons. The lowest BCUT2D eigenvalue weighted by Gasteiger charge is -2.13. The Balaban J connectivity index is 1.86. The van der Waals surface area contributed by atoms with Crippen LogP contribution in [0.5, 0.6) is 17.2 Å². The third-order valence-corrected chi connectivity index (χ3v) is 4.41. The van der Waals surface area contributed by atoms with E-state index in [2.05, 4.69) is 5.43 Å². The minimum Gasteiger partial charge on any atom is -0.497 e. The summed E-state index contributed by atoms with van der Waals surface area (Å²) in [7, 11) is 1.60. The third-order valence-electron chi connectivity index (χ3n) is 3.85. The number of hydrogen-bond donors (Lipinski definition) is 2. The molecule has 0 aliphatic rings. The van der Waals surface area contributed by atoms with Gasteiger partial charge in [-0.25, -0.2) is 0 Å². The van der Waals surface area contributed by atoms with Gasteiger partial charge in [-0.05, 0) is 35.9 Å². The Morgan fingerprint density at radius 3 is 2.26 bits per heavy atom. The number of ether oxygens (including phenoxy) is 2. The normalized spacial score (nSPS) is 10.5. The highest BCUT2D eigenvalue weighted by atomic mass is 35.5. The molecule has 6 nitrogen and oxygen atoms in total. The molecule has 0 aliphatic carbocycles. The summed E-state index contributed by atoms with van der Waals surface area (Å²) in [6.07, 6.45) is 1.61. The molecule has 3 N–H and O–H groups in total. The van der Waals surface area contributed by atoms with Crippen LogP contribution >= 0.6 is 23.2 Å². The van der Waals surface area contributed by atoms with Gasteiger partial charge in [0.05, 0.1) is 35.6 Å². The molecule has 0 unspecified atom stereocenters. The number of methoxy groups -OCH3 is 1. The van der Waals surface area contributed by atoms with Crippen molar-refractivity contribution >= 4 is 28.9 Å². The van der Waals surface area contributed by atoms with E-state index in [9.17, 15) is 4.79 Å². The van der Waals surface area contributed by atoms with Crippen LogP contribution in [0.1, 0.15) is 5.56 Å². The van der Waals surface area contributed by atoms with Gasteiger partial charge in [0, 0.05) is 6.07 Å². The first-order valence-electron chi connectivity index (χ1n) is 7.97. The molecule has 3 rings (SSSR count). The quantitative estimate of drug-likeness (QED) is 0.472. The Morgan fingerprint density at radius 1 is 1.04 bits per heavy atom. The second kappa shape index (κ2) is 8.35. The molecular weight excluding hydrogens is 389 g/mol. The van der Waals surface area contributed by atoms with Crippen molar-refractivity contribution in [3.63, 3.8) is 0 Å². The minimum atomic E-state index is -0.155. The molecule has 1 aromatic heterocycles. The van der Waals surface area contributed by atoms with E-state index in [1.54, 1.807) is 31.5 Å². The number of rotatable bonds is 6. The molecule has 0 fully saturated rings. The number of nitrogens with zero attached hydrogens (tertiary/aromatic N) is 1. The van der Waals surface area contributed by atoms with Gasteiger partial charge in [0.25, 0.3) is 5.56 Å². The fraction of sp³-hybridized carbons (Fsp3) is 0.105. The van der Waals surface area contributed by atoms with Crippen molar-refractivity contribution in [2.45, 2.75) is 6.54 Å². The van der Waals surface area contributed by atoms with Crippen LogP contribution < -0.4 is 26.3 Å². The van der Waals surface area contributed by atoms with Crippen LogP contribution in [0, 0.1) is 0 Å². The van der Waals surface area contributed by atoms with Crippen molar-refractivity contribution in [3.8, 4) is 17.2 Å². The fourth-order valence-electron chi connectivity index (χ4n) is 2.48. The molecule has 0 atom stereocenters. The number of nitrogens with two attached hydrogens (primary N) is 1. The van der Waals surface area contributed by atoms with E-state index < -0.39 is 0 Å². The first kappa shape index (κ1) is 19.1. The van der Waals surface area contributed by atoms with E-state index in [1.165, 1.54) is 10.6 Å². The van der Waals surface area contributed by atoms with Crippen molar-refractivity contribution in [1.29, 1.82) is 0 Å². The summed E-state index contributed by atoms with van der Waals surface area (Å²) in [6.45, 7) is 0.386. The van der Waals surface area contributed by atoms with Gasteiger partial charge in [-0.3, -0.25) is 10.6 Å². The molecule has 3 aromatic rings. The summed E-state index contributed by atoms with van der Waals surface area (Å²) in [5.41, 5.74) is 3.82. The summed E-state index contributed by atoms with van der Waals surface area (Å²) in [5.74, 6) is 6.83. The average Bonchev–Trinajstić information content (AvgIpc) is 2.67. The first-order valence-corrected chi connectivity index (χ1v) is 8.72. The van der Waals surface area contributed by atoms with E-state index in [4.69, 9.17) is 38.5 Å². The predicted molar refractivity (Wildman–Crippen MR) is 107 cm³/mol. The lowest BCUT2D eigenvalue weighted by atomic mass is 10.2. The lowest BCUT2D eigenvalue weighted by molar-refractivity contribution is 0.414. The summed E-state index contributed by atoms with van der Waals surface area (Å²) < 4.78 is 12.5. The highest BCUT2D eigenvalue weighted by Crippen LogP contribution is 2.38. The molecule has 1 heterocycles. The van der Waals surface area contributed by atoms with E-state index in [0.717, 1.165) is 11.3 Å². The first-order chi connectivity index (χ1) is 13.0. The molecule has 2 aromatic carbocycles. The highest BCUT2D eigenvalue weighted by Gasteiger charge is 2.12. The number of nitrogen functional groups attached to an aromatic ring is 1. The molecule has 27 heavy (non-hydrogen) atoms. The zero-order valence-electron chi connectivity index (χ0n) is 14.4. The fourth-order valence-corrected chi connectivity index (χ4v) is 3.04. The van der Waals surface area contributed by atoms with E-state index >= 15 is 0 Å². The zero-order valence-corrected chi connectivity index (χ0v) is 15.9. The molecule has 0 amide bonds. The Kier molecular flexibility index (Phi) is 5.91. The highest BCUT2D eigenvalue weighted by molar-refractivity contribution is 6.37. The molecule has 0 spiro atoms. The zero-order chi connectivity index (χ0) is 19.4. The lowest BCUT2D eigenvalue weighted by Crippen LogP contribution is -2.18. The number of halogens is 2. The molecule has 0 saturated carbocycles. The summed E-state index contributed by atoms with van der Waals surface area (Å²) in [6, 6.07) is 13.6. The number of aromatic nitrogens is 1. The van der Waals surface area contributed by atoms with Crippen molar-refractivity contribution in [3.05, 3.63) is 80.7 Å². The predicted octanol–water partition coefficient (Wildman–Crippen LogP) is 4.29. The standard InChI is InChI=1S/C19H17Cl2N3O3/c1-26-14-4-2-12(3-5-14)10-24-11-15(6-7-18(24)25)27-19-16(20)8-13(23-22)9-17(19)21/h2-9,11,23H,10,22H2,1H3. The molecule has 0 aliphatic heterocycles. The van der Waals surface area contributed by atoms with E-state index in [1.807, 2.05) is 24.3 Å². The van der Waals surface area contributed by atoms with Crippen molar-refractivity contribution in [2.75, 3.05) is 12.5 Å². The van der Waals surface area contributed by atoms with E-state index in [-0.39, 0.29) is 11.3 Å². The number of hydrogen-bond acceptors (Lipinski definition) is 5. The van der Waals surface area contributed by atoms with Crippen LogP contribution in [0.3, 0.4) is 0 Å². The Hall–Kier alpha value is -2.67. The van der Waals surface area contributed by atoms with Crippen molar-refractivity contribution < 1.29 is 9.47 Å². The van der Waals surface area contributed by atoms with Crippen LogP contribution in [0.2, 0.25) is 10.0 Å². The van der Waals surface area contributed by atoms with Crippen molar-refractivity contribution in [1.82, 2.24) is 4.57 Å². The van der Waals surface area contributed by atoms with Gasteiger partial charge in [-0.2, -0.15) is 0 Å². The number of anilines is 1. The van der Waals surface area contributed by atoms with Crippen LogP contribution in [0.15, 0.2) is 59.5 Å². The molecule has 0 saturated heterocycles. The van der Waals surface area contributed by atoms with Crippen LogP contribution in [0.4, 0.5) is 5.69 Å². The topological polar surface area (TPSA) is 78.5 Å². The molecule has 8 heteroatoms. The maximum absolute atomic E-state index is 12.2. The monoisotopic (exact) mass is 405 g/mol. The van der Waals surface area contributed by atoms with Gasteiger partial charge in [-0.15, -0.1) is 0 Å². The van der Waals surface area contributed by atoms with Gasteiger partial charge < -0.3 is 19.5 Å². The van der Waals surface area contributed by atoms with Gasteiger partial charge in [-0.1, -0.05) is 35.3 Å². The van der Waals surface area contributed by atoms with Gasteiger partial charge in [0.2, 0.25) is 0 Å². The van der Waals surface area contributed by atoms with Gasteiger partial charge in [0.1, 0.15) is 11.5 Å². The molecular formula is C19H17Cl2N3O3. The van der Waals surface area contributed by atoms with E-state index in [0.29, 0.717) is 28.0 Å². The van der Waals surface area contributed by atoms with Crippen LogP contribution in [0.25, 0.3) is 0 Å². The second-order valence-electron chi connectivity index (χ2n) is 5.69. The van der Waals surface area contributed by atoms with Crippen LogP contribution in [-0.4, -0.2) is 11.7 Å². The second-order valence-corrected chi connectivity index (χ2v) is 6.51. The maximum Gasteiger partial charge on any atom is 0.251 e. The SMILES string of the molecule is COc1ccc(Cn2cc(Oc3c(Cl)cc(NN)cc3Cl)ccc2=O)cc1. The number of hydrazine groups is 1. The largest absolute Gasteiger partial charge is 0.497 e. The van der Waals surface area contributed by atoms with Crippen LogP contribution in [-0.2, 0) is 6.54 Å². The smallest absolute Gasteiger partial charge is 0.251 e. The average molecular weight is 406 g/mol. The third kappa shape index (κ3) is 4.54. The molecule has 0 bridgehead atoms. The Labute approximate surface area is 166 Å². The Bertz CT molecular complexity index is 981. The number of benzene rings is 2. The Morgan fingerprint density at radius 2 is 1.67 bits per heavy atom. The van der Waals surface area contributed by atoms with Crippen molar-refractivity contribution in [2.24, 2.45) is 5.84 Å². The number of nitrogens with one attached hydrogen (secondary N) is 1. The summed E-state index contributed by atoms with van der Waals surface area (Å²) in [4.78, 5) is 12.2. The minimum absolute atomic E-state index is 0.155. The summed E-state index contributed by atoms with van der Waals surface area (Å²) >= 11 is 12.4. The number of pyridine rings is 1.